The van der Waals surface area contributed by atoms with E-state index >= 15 is 0 Å². The van der Waals surface area contributed by atoms with Crippen LogP contribution in [-0.2, 0) is 14.4 Å². The number of rotatable bonds is 3. The van der Waals surface area contributed by atoms with Gasteiger partial charge in [0.25, 0.3) is 0 Å². The van der Waals surface area contributed by atoms with Gasteiger partial charge in [-0.25, -0.2) is 0 Å². The predicted molar refractivity (Wildman–Crippen MR) is 153 cm³/mol. The molecule has 0 aromatic carbocycles. The maximum atomic E-state index is 14.5. The number of hydrogen-bond acceptors (Lipinski definition) is 4. The summed E-state index contributed by atoms with van der Waals surface area (Å²) in [6.45, 7) is 13.4. The van der Waals surface area contributed by atoms with E-state index in [2.05, 4.69) is 46.0 Å². The Morgan fingerprint density at radius 1 is 1.02 bits per heavy atom. The van der Waals surface area contributed by atoms with Crippen molar-refractivity contribution in [2.75, 3.05) is 6.54 Å². The van der Waals surface area contributed by atoms with Crippen LogP contribution in [0.1, 0.15) is 99.8 Å². The summed E-state index contributed by atoms with van der Waals surface area (Å²) in [7, 11) is 0. The molecule has 5 aliphatic carbocycles. The van der Waals surface area contributed by atoms with Crippen molar-refractivity contribution in [3.8, 4) is 6.07 Å². The number of halogens is 3. The highest BCUT2D eigenvalue weighted by atomic mass is 19.4. The van der Waals surface area contributed by atoms with Crippen molar-refractivity contribution < 1.29 is 27.6 Å². The number of ketones is 2. The zero-order chi connectivity index (χ0) is 31.3. The van der Waals surface area contributed by atoms with Crippen LogP contribution in [0.5, 0.6) is 0 Å². The van der Waals surface area contributed by atoms with E-state index in [1.54, 1.807) is 0 Å². The summed E-state index contributed by atoms with van der Waals surface area (Å²) in [5.41, 5.74) is -1.59. The van der Waals surface area contributed by atoms with Gasteiger partial charge in [-0.3, -0.25) is 14.4 Å². The Kier molecular flexibility index (Phi) is 6.86. The molecule has 0 saturated heterocycles. The van der Waals surface area contributed by atoms with E-state index in [0.717, 1.165) is 31.3 Å². The number of nitrogens with zero attached hydrogens (tertiary/aromatic N) is 1. The molecule has 8 heteroatoms. The molecule has 0 spiro atoms. The van der Waals surface area contributed by atoms with Crippen LogP contribution in [0.25, 0.3) is 0 Å². The fourth-order valence-corrected chi connectivity index (χ4v) is 10.6. The third kappa shape index (κ3) is 4.34. The fraction of sp³-hybridized carbons (Fsp3) is 0.765. The maximum absolute atomic E-state index is 14.5. The molecule has 0 radical (unpaired) electrons. The molecule has 1 unspecified atom stereocenters. The molecular weight excluding hydrogens is 541 g/mol. The van der Waals surface area contributed by atoms with E-state index in [4.69, 9.17) is 0 Å². The van der Waals surface area contributed by atoms with Crippen molar-refractivity contribution in [2.24, 2.45) is 50.2 Å². The Labute approximate surface area is 247 Å². The molecule has 230 valence electrons. The van der Waals surface area contributed by atoms with Crippen molar-refractivity contribution in [1.29, 1.82) is 5.26 Å². The largest absolute Gasteiger partial charge is 0.405 e. The first-order valence-corrected chi connectivity index (χ1v) is 15.4. The Morgan fingerprint density at radius 3 is 2.29 bits per heavy atom. The van der Waals surface area contributed by atoms with Crippen LogP contribution in [0.3, 0.4) is 0 Å². The van der Waals surface area contributed by atoms with Crippen molar-refractivity contribution >= 4 is 17.5 Å². The molecule has 3 fully saturated rings. The first kappa shape index (κ1) is 31.0. The van der Waals surface area contributed by atoms with Gasteiger partial charge in [-0.2, -0.15) is 18.4 Å². The molecule has 42 heavy (non-hydrogen) atoms. The lowest BCUT2D eigenvalue weighted by Gasteiger charge is -2.69. The highest BCUT2D eigenvalue weighted by molar-refractivity contribution is 6.04. The number of alkyl halides is 3. The van der Waals surface area contributed by atoms with E-state index in [0.29, 0.717) is 19.3 Å². The number of carbonyl (C=O) groups is 3. The van der Waals surface area contributed by atoms with Gasteiger partial charge < -0.3 is 5.32 Å². The molecular formula is C34H45F3N2O3. The van der Waals surface area contributed by atoms with Gasteiger partial charge in [-0.15, -0.1) is 0 Å². The number of fused-ring (bicyclic) bond motifs is 7. The normalized spacial score (nSPS) is 42.1. The number of amides is 1. The number of hydrogen-bond donors (Lipinski definition) is 1. The van der Waals surface area contributed by atoms with Crippen LogP contribution in [0.4, 0.5) is 13.2 Å². The summed E-state index contributed by atoms with van der Waals surface area (Å²) in [6.07, 6.45) is 4.44. The zero-order valence-electron chi connectivity index (χ0n) is 26.1. The average molecular weight is 587 g/mol. The van der Waals surface area contributed by atoms with Crippen LogP contribution in [-0.4, -0.2) is 30.2 Å². The van der Waals surface area contributed by atoms with Crippen LogP contribution >= 0.6 is 0 Å². The number of carbonyl (C=O) groups excluding carboxylic acids is 3. The Balaban J connectivity index is 1.60. The highest BCUT2D eigenvalue weighted by Gasteiger charge is 2.69. The average Bonchev–Trinajstić information content (AvgIpc) is 2.87. The summed E-state index contributed by atoms with van der Waals surface area (Å²) < 4.78 is 38.7. The minimum Gasteiger partial charge on any atom is -0.347 e. The van der Waals surface area contributed by atoms with E-state index in [9.17, 15) is 32.8 Å². The first-order valence-electron chi connectivity index (χ1n) is 15.4. The molecule has 0 aromatic heterocycles. The molecule has 0 aliphatic heterocycles. The fourth-order valence-electron chi connectivity index (χ4n) is 10.6. The molecule has 5 nitrogen and oxygen atoms in total. The summed E-state index contributed by atoms with van der Waals surface area (Å²) in [6, 6.07) is 2.13. The second kappa shape index (κ2) is 9.29. The van der Waals surface area contributed by atoms with Gasteiger partial charge in [0.05, 0.1) is 5.57 Å². The number of Topliss-reactive ketones (excluding diaryl/α,β-unsaturated/α-hetero) is 1. The van der Waals surface area contributed by atoms with E-state index < -0.39 is 40.3 Å². The SMILES string of the molecule is CC1(C)CC[C@]2(CC(=O)NCC(F)(F)F)CC[C@]3(C)[C@@H](C(=O)C=C4[C@@]5(C)C=C(C#N)C(=O)C(C)(C)[C@@H]5CC[C@]43C)C2C1. The second-order valence-electron chi connectivity index (χ2n) is 16.2. The number of nitrogens with one attached hydrogen (secondary N) is 1. The Hall–Kier alpha value is -2.43. The summed E-state index contributed by atoms with van der Waals surface area (Å²) in [4.78, 5) is 40.7. The molecule has 3 saturated carbocycles. The third-order valence-corrected chi connectivity index (χ3v) is 13.0. The smallest absolute Gasteiger partial charge is 0.347 e. The minimum atomic E-state index is -4.48. The lowest BCUT2D eigenvalue weighted by atomic mass is 9.34. The monoisotopic (exact) mass is 586 g/mol. The van der Waals surface area contributed by atoms with Gasteiger partial charge in [0.1, 0.15) is 12.6 Å². The van der Waals surface area contributed by atoms with Crippen LogP contribution < -0.4 is 5.32 Å². The third-order valence-electron chi connectivity index (χ3n) is 13.0. The maximum Gasteiger partial charge on any atom is 0.405 e. The lowest BCUT2D eigenvalue weighted by molar-refractivity contribution is -0.175. The van der Waals surface area contributed by atoms with Gasteiger partial charge in [-0.05, 0) is 84.5 Å². The Bertz CT molecular complexity index is 1340. The number of nitriles is 1. The van der Waals surface area contributed by atoms with E-state index in [1.807, 2.05) is 26.0 Å². The summed E-state index contributed by atoms with van der Waals surface area (Å²) >= 11 is 0. The van der Waals surface area contributed by atoms with E-state index in [-0.39, 0.29) is 52.1 Å². The molecule has 0 bridgehead atoms. The highest BCUT2D eigenvalue weighted by Crippen LogP contribution is 2.74. The van der Waals surface area contributed by atoms with Gasteiger partial charge in [0.15, 0.2) is 11.6 Å². The minimum absolute atomic E-state index is 0.00132. The predicted octanol–water partition coefficient (Wildman–Crippen LogP) is 7.27. The van der Waals surface area contributed by atoms with Crippen LogP contribution in [0.15, 0.2) is 23.3 Å². The zero-order valence-corrected chi connectivity index (χ0v) is 26.1. The summed E-state index contributed by atoms with van der Waals surface area (Å²) in [5.74, 6) is -1.24. The quantitative estimate of drug-likeness (QED) is 0.377. The van der Waals surface area contributed by atoms with Crippen molar-refractivity contribution in [3.05, 3.63) is 23.3 Å². The molecule has 1 N–H and O–H groups in total. The van der Waals surface area contributed by atoms with Gasteiger partial charge in [0, 0.05) is 23.2 Å². The van der Waals surface area contributed by atoms with Gasteiger partial charge in [-0.1, -0.05) is 60.1 Å². The van der Waals surface area contributed by atoms with Gasteiger partial charge in [0.2, 0.25) is 5.91 Å². The lowest BCUT2D eigenvalue weighted by Crippen LogP contribution is -2.65. The van der Waals surface area contributed by atoms with E-state index in [1.165, 1.54) is 0 Å². The molecule has 5 aliphatic rings. The molecule has 0 aromatic rings. The molecule has 0 heterocycles. The number of allylic oxidation sites excluding steroid dienone is 4. The standard InChI is InChI=1S/C34H45F3N2O3/c1-28(2)10-12-33(17-25(41)39-19-34(35,36)37)13-11-32(7)26(21(33)16-28)22(40)14-24-30(5)15-20(18-38)27(42)29(3,4)23(30)8-9-31(24,32)6/h14-15,21,23,26H,8-13,16-17,19H2,1-7H3,(H,39,41)/t21?,23-,26+,30-,31+,32+,33+/m0/s1. The molecule has 5 rings (SSSR count). The first-order chi connectivity index (χ1) is 19.2. The second-order valence-corrected chi connectivity index (χ2v) is 16.2. The van der Waals surface area contributed by atoms with Gasteiger partial charge >= 0.3 is 6.18 Å². The Morgan fingerprint density at radius 2 is 1.67 bits per heavy atom. The molecule has 1 amide bonds. The molecule has 7 atom stereocenters. The summed E-state index contributed by atoms with van der Waals surface area (Å²) in [5, 5.41) is 12.0. The van der Waals surface area contributed by atoms with Crippen molar-refractivity contribution in [3.63, 3.8) is 0 Å². The van der Waals surface area contributed by atoms with Crippen LogP contribution in [0.2, 0.25) is 0 Å². The topological polar surface area (TPSA) is 87.0 Å². The van der Waals surface area contributed by atoms with Crippen molar-refractivity contribution in [2.45, 2.75) is 106 Å². The van der Waals surface area contributed by atoms with Crippen LogP contribution in [0, 0.1) is 61.6 Å². The van der Waals surface area contributed by atoms with Crippen molar-refractivity contribution in [1.82, 2.24) is 5.32 Å².